The van der Waals surface area contributed by atoms with E-state index in [9.17, 15) is 0 Å². The minimum Gasteiger partial charge on any atom is -0.286 e. The van der Waals surface area contributed by atoms with Gasteiger partial charge in [0.15, 0.2) is 0 Å². The Bertz CT molecular complexity index is 1070. The van der Waals surface area contributed by atoms with Gasteiger partial charge in [-0.3, -0.25) is 42.5 Å². The fraction of sp³-hybridized carbons (Fsp3) is 1.00. The van der Waals surface area contributed by atoms with Gasteiger partial charge in [-0.05, 0) is 110 Å². The van der Waals surface area contributed by atoms with Crippen LogP contribution in [0.1, 0.15) is 83.5 Å². The van der Waals surface area contributed by atoms with Crippen molar-refractivity contribution >= 4 is 34.8 Å². The highest BCUT2D eigenvalue weighted by Crippen LogP contribution is 2.50. The Morgan fingerprint density at radius 3 is 0.957 bits per heavy atom. The van der Waals surface area contributed by atoms with Crippen LogP contribution in [-0.2, 0) is 0 Å². The van der Waals surface area contributed by atoms with Gasteiger partial charge in [-0.1, -0.05) is 38.5 Å². The lowest BCUT2D eigenvalue weighted by Crippen LogP contribution is -2.62. The molecule has 8 nitrogen and oxygen atoms in total. The summed E-state index contributed by atoms with van der Waals surface area (Å²) in [6.07, 6.45) is 19.6. The van der Waals surface area contributed by atoms with Crippen LogP contribution >= 0.6 is 34.8 Å². The predicted molar refractivity (Wildman–Crippen MR) is 186 cm³/mol. The van der Waals surface area contributed by atoms with E-state index in [2.05, 4.69) is 42.5 Å². The maximum atomic E-state index is 6.91. The molecule has 5 aliphatic heterocycles. The molecule has 11 heteroatoms. The van der Waals surface area contributed by atoms with E-state index in [0.29, 0.717) is 114 Å². The number of halogens is 3. The van der Waals surface area contributed by atoms with E-state index in [4.69, 9.17) is 34.8 Å². The number of rotatable bonds is 3. The maximum absolute atomic E-state index is 6.91. The minimum absolute atomic E-state index is 0.189. The van der Waals surface area contributed by atoms with Gasteiger partial charge in [0, 0.05) is 17.6 Å². The van der Waals surface area contributed by atoms with E-state index in [1.165, 1.54) is 77.0 Å². The SMILES string of the molecule is ClCC1CC2C3NC4NC(NC5NC(NC6NC(NC(N3)C2C(CCl)C1CCl)C1CCCCC61)C1CCCCC51)C1CCCCC41. The fourth-order valence-electron chi connectivity index (χ4n) is 13.1. The van der Waals surface area contributed by atoms with E-state index in [1.807, 2.05) is 0 Å². The molecular formula is C35H59Cl3N8. The third kappa shape index (κ3) is 5.54. The molecule has 8 N–H and O–H groups in total. The second-order valence-electron chi connectivity index (χ2n) is 17.0. The Labute approximate surface area is 291 Å². The van der Waals surface area contributed by atoms with Gasteiger partial charge in [-0.15, -0.1) is 34.8 Å². The third-order valence-corrected chi connectivity index (χ3v) is 16.3. The summed E-state index contributed by atoms with van der Waals surface area (Å²) < 4.78 is 0. The summed E-state index contributed by atoms with van der Waals surface area (Å²) in [7, 11) is 0. The number of hydrogen-bond donors (Lipinski definition) is 8. The highest BCUT2D eigenvalue weighted by atomic mass is 35.5. The quantitative estimate of drug-likeness (QED) is 0.210. The standard InChI is InChI=1S/C35H59Cl3N8/c36-14-17-13-24-27(26(16-38)25(17)15-37)35-45-33-23-12-6-5-11-22(23)31(43-33)41-29-19-8-2-1-7-18(19)28(39-29)40-30-20-9-3-4-10-21(20)32(42-30)44-34(24)46-35/h17-35,39-46H,1-16H2. The predicted octanol–water partition coefficient (Wildman–Crippen LogP) is 4.00. The van der Waals surface area contributed by atoms with Crippen molar-refractivity contribution in [3.05, 3.63) is 0 Å². The molecule has 260 valence electrons. The topological polar surface area (TPSA) is 96.2 Å². The molecular weight excluding hydrogens is 639 g/mol. The molecule has 46 heavy (non-hydrogen) atoms. The molecule has 0 spiro atoms. The van der Waals surface area contributed by atoms with Crippen LogP contribution in [0.15, 0.2) is 0 Å². The zero-order valence-corrected chi connectivity index (χ0v) is 29.7. The van der Waals surface area contributed by atoms with E-state index >= 15 is 0 Å². The molecule has 9 rings (SSSR count). The average molecular weight is 698 g/mol. The smallest absolute Gasteiger partial charge is 0.0631 e. The molecule has 19 unspecified atom stereocenters. The monoisotopic (exact) mass is 696 g/mol. The molecule has 0 radical (unpaired) electrons. The van der Waals surface area contributed by atoms with Crippen molar-refractivity contribution in [2.24, 2.45) is 65.1 Å². The first-order valence-electron chi connectivity index (χ1n) is 19.4. The highest BCUT2D eigenvalue weighted by Gasteiger charge is 2.57. The minimum atomic E-state index is 0.189. The first-order chi connectivity index (χ1) is 22.6. The van der Waals surface area contributed by atoms with E-state index in [-0.39, 0.29) is 18.5 Å². The summed E-state index contributed by atoms with van der Waals surface area (Å²) in [6.45, 7) is 0. The zero-order chi connectivity index (χ0) is 30.9. The van der Waals surface area contributed by atoms with Gasteiger partial charge in [0.05, 0.1) is 49.3 Å². The lowest BCUT2D eigenvalue weighted by atomic mass is 9.63. The summed E-state index contributed by atoms with van der Waals surface area (Å²) >= 11 is 20.3. The normalized spacial score (nSPS) is 56.5. The highest BCUT2D eigenvalue weighted by molar-refractivity contribution is 6.19. The van der Waals surface area contributed by atoms with Crippen molar-refractivity contribution in [2.45, 2.75) is 133 Å². The van der Waals surface area contributed by atoms with Gasteiger partial charge in [0.25, 0.3) is 0 Å². The third-order valence-electron chi connectivity index (χ3n) is 15.2. The van der Waals surface area contributed by atoms with Crippen LogP contribution in [0, 0.1) is 65.1 Å². The van der Waals surface area contributed by atoms with Crippen LogP contribution < -0.4 is 42.5 Å². The summed E-state index contributed by atoms with van der Waals surface area (Å²) in [4.78, 5) is 0. The Morgan fingerprint density at radius 1 is 0.348 bits per heavy atom. The Hall–Kier alpha value is 0.550. The Morgan fingerprint density at radius 2 is 0.652 bits per heavy atom. The van der Waals surface area contributed by atoms with Crippen molar-refractivity contribution in [2.75, 3.05) is 17.6 Å². The largest absolute Gasteiger partial charge is 0.286 e. The molecule has 8 bridgehead atoms. The lowest BCUT2D eigenvalue weighted by molar-refractivity contribution is 0.0586. The number of fused-ring (bicyclic) bond motifs is 20. The summed E-state index contributed by atoms with van der Waals surface area (Å²) in [5.74, 6) is 7.96. The van der Waals surface area contributed by atoms with E-state index in [1.54, 1.807) is 0 Å². The lowest BCUT2D eigenvalue weighted by Gasteiger charge is -2.46. The maximum Gasteiger partial charge on any atom is 0.0631 e. The van der Waals surface area contributed by atoms with Crippen molar-refractivity contribution in [1.29, 1.82) is 0 Å². The van der Waals surface area contributed by atoms with Gasteiger partial charge >= 0.3 is 0 Å². The number of nitrogens with one attached hydrogen (secondary N) is 8. The molecule has 0 amide bonds. The van der Waals surface area contributed by atoms with Gasteiger partial charge in [-0.2, -0.15) is 0 Å². The van der Waals surface area contributed by atoms with Crippen LogP contribution in [-0.4, -0.2) is 67.0 Å². The second kappa shape index (κ2) is 13.6. The van der Waals surface area contributed by atoms with Gasteiger partial charge in [0.2, 0.25) is 0 Å². The van der Waals surface area contributed by atoms with Crippen LogP contribution in [0.25, 0.3) is 0 Å². The summed E-state index contributed by atoms with van der Waals surface area (Å²) in [6, 6.07) is 0. The van der Waals surface area contributed by atoms with Gasteiger partial charge < -0.3 is 0 Å². The molecule has 0 aromatic carbocycles. The van der Waals surface area contributed by atoms with Crippen LogP contribution in [0.2, 0.25) is 0 Å². The van der Waals surface area contributed by atoms with Gasteiger partial charge in [-0.25, -0.2) is 0 Å². The summed E-state index contributed by atoms with van der Waals surface area (Å²) in [5, 5.41) is 33.8. The molecule has 9 fully saturated rings. The average Bonchev–Trinajstić information content (AvgIpc) is 3.83. The first kappa shape index (κ1) is 32.5. The van der Waals surface area contributed by atoms with Gasteiger partial charge in [0.1, 0.15) is 0 Å². The molecule has 0 aromatic rings. The van der Waals surface area contributed by atoms with Crippen LogP contribution in [0.4, 0.5) is 0 Å². The van der Waals surface area contributed by atoms with Crippen molar-refractivity contribution in [3.63, 3.8) is 0 Å². The zero-order valence-electron chi connectivity index (χ0n) is 27.4. The Kier molecular flexibility index (Phi) is 9.59. The molecule has 5 heterocycles. The van der Waals surface area contributed by atoms with E-state index < -0.39 is 0 Å². The number of alkyl halides is 3. The van der Waals surface area contributed by atoms with Crippen LogP contribution in [0.3, 0.4) is 0 Å². The second-order valence-corrected chi connectivity index (χ2v) is 17.9. The molecule has 0 aromatic heterocycles. The van der Waals surface area contributed by atoms with E-state index in [0.717, 1.165) is 6.42 Å². The molecule has 4 saturated carbocycles. The molecule has 4 aliphatic carbocycles. The fourth-order valence-corrected chi connectivity index (χ4v) is 14.3. The Balaban J connectivity index is 1.07. The van der Waals surface area contributed by atoms with Crippen molar-refractivity contribution < 1.29 is 0 Å². The molecule has 9 aliphatic rings. The van der Waals surface area contributed by atoms with Crippen molar-refractivity contribution in [3.8, 4) is 0 Å². The first-order valence-corrected chi connectivity index (χ1v) is 21.0. The molecule has 5 saturated heterocycles. The molecule has 19 atom stereocenters. The van der Waals surface area contributed by atoms with Crippen LogP contribution in [0.5, 0.6) is 0 Å². The van der Waals surface area contributed by atoms with Crippen molar-refractivity contribution in [1.82, 2.24) is 42.5 Å². The summed E-state index contributed by atoms with van der Waals surface area (Å²) in [5.41, 5.74) is 0. The number of hydrogen-bond acceptors (Lipinski definition) is 8.